The van der Waals surface area contributed by atoms with Gasteiger partial charge < -0.3 is 10.2 Å². The molecule has 1 rings (SSSR count). The molecule has 0 saturated carbocycles. The zero-order chi connectivity index (χ0) is 10.2. The van der Waals surface area contributed by atoms with Gasteiger partial charge in [-0.05, 0) is 10.6 Å². The first-order valence-corrected chi connectivity index (χ1v) is 4.71. The van der Waals surface area contributed by atoms with E-state index in [-0.39, 0.29) is 5.31 Å². The van der Waals surface area contributed by atoms with Crippen molar-refractivity contribution in [2.24, 2.45) is 5.92 Å². The van der Waals surface area contributed by atoms with Gasteiger partial charge >= 0.3 is 8.03 Å². The number of carbonyl (C=O) groups is 1. The van der Waals surface area contributed by atoms with E-state index in [0.717, 1.165) is 6.08 Å². The third-order valence-corrected chi connectivity index (χ3v) is 2.50. The fourth-order valence-corrected chi connectivity index (χ4v) is 1.64. The molecule has 0 heterocycles. The van der Waals surface area contributed by atoms with Gasteiger partial charge in [0.1, 0.15) is 0 Å². The number of Topliss-reactive ketones (excluding diaryl/α,β-unsaturated/α-hetero) is 1. The minimum absolute atomic E-state index is 0.292. The molecule has 70 valence electrons. The Bertz CT molecular complexity index is 341. The standard InChI is InChI=1S/C7H7O5P/c1-3-2-4(13(11)12)6(9)7(10)5(3)8/h2-3H,1H3,(H2-,8,9,10,11,12)/p+1. The first kappa shape index (κ1) is 9.89. The Morgan fingerprint density at radius 2 is 1.92 bits per heavy atom. The van der Waals surface area contributed by atoms with E-state index in [4.69, 9.17) is 15.1 Å². The number of aliphatic hydroxyl groups excluding tert-OH is 2. The van der Waals surface area contributed by atoms with Crippen LogP contribution in [0.3, 0.4) is 0 Å². The van der Waals surface area contributed by atoms with Crippen molar-refractivity contribution in [3.63, 3.8) is 0 Å². The Hall–Kier alpha value is -1.19. The van der Waals surface area contributed by atoms with Crippen LogP contribution < -0.4 is 0 Å². The lowest BCUT2D eigenvalue weighted by Gasteiger charge is -2.10. The maximum absolute atomic E-state index is 11.0. The minimum Gasteiger partial charge on any atom is -0.502 e. The number of hydrogen-bond acceptors (Lipinski definition) is 4. The van der Waals surface area contributed by atoms with Gasteiger partial charge in [-0.3, -0.25) is 4.79 Å². The summed E-state index contributed by atoms with van der Waals surface area (Å²) < 4.78 is 10.6. The normalized spacial score (nSPS) is 24.5. The quantitative estimate of drug-likeness (QED) is 0.555. The molecule has 6 heteroatoms. The maximum atomic E-state index is 11.0. The average molecular weight is 203 g/mol. The highest BCUT2D eigenvalue weighted by Crippen LogP contribution is 2.37. The van der Waals surface area contributed by atoms with E-state index in [1.165, 1.54) is 6.92 Å². The van der Waals surface area contributed by atoms with Crippen LogP contribution in [0.1, 0.15) is 6.92 Å². The molecule has 0 aliphatic heterocycles. The zero-order valence-corrected chi connectivity index (χ0v) is 7.65. The fraction of sp³-hybridized carbons (Fsp3) is 0.286. The van der Waals surface area contributed by atoms with Crippen LogP contribution in [0.15, 0.2) is 22.9 Å². The fourth-order valence-electron chi connectivity index (χ4n) is 0.999. The van der Waals surface area contributed by atoms with Crippen molar-refractivity contribution in [3.05, 3.63) is 22.9 Å². The van der Waals surface area contributed by atoms with Crippen LogP contribution in [-0.2, 0) is 9.36 Å². The molecule has 0 fully saturated rings. The molecule has 1 aliphatic rings. The van der Waals surface area contributed by atoms with Gasteiger partial charge in [0.05, 0.1) is 0 Å². The van der Waals surface area contributed by atoms with Gasteiger partial charge in [-0.25, -0.2) is 0 Å². The molecule has 0 amide bonds. The molecule has 0 aromatic heterocycles. The summed E-state index contributed by atoms with van der Waals surface area (Å²) in [6.45, 7) is 1.46. The van der Waals surface area contributed by atoms with Crippen LogP contribution in [0.4, 0.5) is 0 Å². The first-order valence-electron chi connectivity index (χ1n) is 3.50. The third kappa shape index (κ3) is 1.61. The van der Waals surface area contributed by atoms with Gasteiger partial charge in [-0.15, -0.1) is 0 Å². The molecule has 0 aromatic rings. The summed E-state index contributed by atoms with van der Waals surface area (Å²) >= 11 is 0. The van der Waals surface area contributed by atoms with E-state index < -0.39 is 31.2 Å². The van der Waals surface area contributed by atoms with Gasteiger partial charge in [0.15, 0.2) is 0 Å². The lowest BCUT2D eigenvalue weighted by Crippen LogP contribution is -2.18. The molecule has 5 nitrogen and oxygen atoms in total. The largest absolute Gasteiger partial charge is 0.549 e. The van der Waals surface area contributed by atoms with Crippen LogP contribution in [-0.4, -0.2) is 20.9 Å². The summed E-state index contributed by atoms with van der Waals surface area (Å²) in [5.74, 6) is -2.98. The highest BCUT2D eigenvalue weighted by atomic mass is 31.1. The summed E-state index contributed by atoms with van der Waals surface area (Å²) in [6, 6.07) is 0. The van der Waals surface area contributed by atoms with Crippen molar-refractivity contribution < 1.29 is 24.5 Å². The summed E-state index contributed by atoms with van der Waals surface area (Å²) in [5.41, 5.74) is 0. The first-order chi connectivity index (χ1) is 5.95. The molecule has 0 radical (unpaired) electrons. The Morgan fingerprint density at radius 1 is 1.38 bits per heavy atom. The van der Waals surface area contributed by atoms with Crippen molar-refractivity contribution in [3.8, 4) is 0 Å². The monoisotopic (exact) mass is 203 g/mol. The van der Waals surface area contributed by atoms with Crippen LogP contribution >= 0.6 is 8.03 Å². The lowest BCUT2D eigenvalue weighted by atomic mass is 9.99. The van der Waals surface area contributed by atoms with Gasteiger partial charge in [0.25, 0.3) is 5.31 Å². The van der Waals surface area contributed by atoms with Crippen molar-refractivity contribution in [1.82, 2.24) is 0 Å². The lowest BCUT2D eigenvalue weighted by molar-refractivity contribution is -0.120. The van der Waals surface area contributed by atoms with Crippen molar-refractivity contribution in [2.45, 2.75) is 6.92 Å². The van der Waals surface area contributed by atoms with Crippen LogP contribution in [0.5, 0.6) is 0 Å². The Labute approximate surface area is 74.9 Å². The van der Waals surface area contributed by atoms with E-state index in [1.807, 2.05) is 0 Å². The number of aliphatic hydroxyl groups is 2. The molecular formula is C7H8O5P+. The topological polar surface area (TPSA) is 94.8 Å². The third-order valence-electron chi connectivity index (χ3n) is 1.73. The van der Waals surface area contributed by atoms with E-state index in [2.05, 4.69) is 0 Å². The maximum Gasteiger partial charge on any atom is 0.549 e. The minimum atomic E-state index is -2.74. The van der Waals surface area contributed by atoms with Gasteiger partial charge in [0, 0.05) is 5.92 Å². The number of ketones is 1. The van der Waals surface area contributed by atoms with Crippen LogP contribution in [0.25, 0.3) is 0 Å². The SMILES string of the molecule is CC1C=C([P+](=O)O)C(O)=C(O)C1=O. The predicted molar refractivity (Wildman–Crippen MR) is 44.4 cm³/mol. The highest BCUT2D eigenvalue weighted by Gasteiger charge is 2.37. The smallest absolute Gasteiger partial charge is 0.502 e. The van der Waals surface area contributed by atoms with Gasteiger partial charge in [0.2, 0.25) is 17.3 Å². The summed E-state index contributed by atoms with van der Waals surface area (Å²) in [7, 11) is -2.74. The molecule has 13 heavy (non-hydrogen) atoms. The molecule has 2 unspecified atom stereocenters. The predicted octanol–water partition coefficient (Wildman–Crippen LogP) is 1.15. The Morgan fingerprint density at radius 3 is 2.38 bits per heavy atom. The summed E-state index contributed by atoms with van der Waals surface area (Å²) in [5, 5.41) is 17.8. The number of hydrogen-bond donors (Lipinski definition) is 3. The molecule has 0 aromatic carbocycles. The number of carbonyl (C=O) groups excluding carboxylic acids is 1. The molecule has 0 bridgehead atoms. The van der Waals surface area contributed by atoms with E-state index in [0.29, 0.717) is 0 Å². The molecule has 1 aliphatic carbocycles. The van der Waals surface area contributed by atoms with E-state index in [1.54, 1.807) is 0 Å². The second-order valence-electron chi connectivity index (χ2n) is 2.67. The van der Waals surface area contributed by atoms with Gasteiger partial charge in [-0.2, -0.15) is 4.89 Å². The number of allylic oxidation sites excluding steroid dienone is 3. The molecule has 3 N–H and O–H groups in total. The van der Waals surface area contributed by atoms with Crippen molar-refractivity contribution in [2.75, 3.05) is 0 Å². The second-order valence-corrected chi connectivity index (χ2v) is 3.70. The van der Waals surface area contributed by atoms with Crippen LogP contribution in [0, 0.1) is 5.92 Å². The summed E-state index contributed by atoms with van der Waals surface area (Å²) in [4.78, 5) is 19.7. The summed E-state index contributed by atoms with van der Waals surface area (Å²) in [6.07, 6.45) is 1.16. The van der Waals surface area contributed by atoms with E-state index >= 15 is 0 Å². The van der Waals surface area contributed by atoms with Crippen molar-refractivity contribution >= 4 is 13.8 Å². The van der Waals surface area contributed by atoms with Crippen molar-refractivity contribution in [1.29, 1.82) is 0 Å². The van der Waals surface area contributed by atoms with Gasteiger partial charge in [-0.1, -0.05) is 6.92 Å². The molecule has 0 saturated heterocycles. The van der Waals surface area contributed by atoms with Crippen LogP contribution in [0.2, 0.25) is 0 Å². The number of rotatable bonds is 1. The average Bonchev–Trinajstić information content (AvgIpc) is 2.07. The van der Waals surface area contributed by atoms with E-state index in [9.17, 15) is 9.36 Å². The zero-order valence-electron chi connectivity index (χ0n) is 6.76. The highest BCUT2D eigenvalue weighted by molar-refractivity contribution is 7.43. The second kappa shape index (κ2) is 3.28. The molecule has 0 spiro atoms. The Balaban J connectivity index is 3.21. The Kier molecular flexibility index (Phi) is 2.50. The molecular weight excluding hydrogens is 195 g/mol. The molecule has 2 atom stereocenters.